The predicted molar refractivity (Wildman–Crippen MR) is 244 cm³/mol. The molecular formula is C49H62N6O9S. The molecule has 4 fully saturated rings. The number of fused-ring (bicyclic) bond motifs is 6. The van der Waals surface area contributed by atoms with Gasteiger partial charge in [0.05, 0.1) is 29.0 Å². The third-order valence-electron chi connectivity index (χ3n) is 14.6. The highest BCUT2D eigenvalue weighted by atomic mass is 32.2. The van der Waals surface area contributed by atoms with Crippen molar-refractivity contribution in [2.45, 2.75) is 125 Å². The second-order valence-electron chi connectivity index (χ2n) is 19.7. The molecule has 3 heterocycles. The number of nitrogens with one attached hydrogen (secondary N) is 3. The molecule has 7 atom stereocenters. The van der Waals surface area contributed by atoms with Gasteiger partial charge in [-0.05, 0) is 120 Å². The molecule has 15 nitrogen and oxygen atoms in total. The Hall–Kier alpha value is -5.22. The van der Waals surface area contributed by atoms with Crippen molar-refractivity contribution >= 4 is 44.7 Å². The van der Waals surface area contributed by atoms with Gasteiger partial charge in [0.25, 0.3) is 5.91 Å². The number of nitrogens with zero attached hydrogens (tertiary/aromatic N) is 3. The van der Waals surface area contributed by atoms with Gasteiger partial charge in [0.1, 0.15) is 35.6 Å². The van der Waals surface area contributed by atoms with E-state index in [1.807, 2.05) is 62.6 Å². The summed E-state index contributed by atoms with van der Waals surface area (Å²) >= 11 is 0. The molecule has 2 aromatic carbocycles. The summed E-state index contributed by atoms with van der Waals surface area (Å²) in [6.45, 7) is 6.75. The minimum atomic E-state index is -4.02. The molecule has 2 aliphatic heterocycles. The van der Waals surface area contributed by atoms with Gasteiger partial charge in [-0.25, -0.2) is 18.2 Å². The normalized spacial score (nSPS) is 28.6. The lowest BCUT2D eigenvalue weighted by Crippen LogP contribution is -2.59. The summed E-state index contributed by atoms with van der Waals surface area (Å²) in [6, 6.07) is 13.5. The van der Waals surface area contributed by atoms with Gasteiger partial charge in [0.2, 0.25) is 27.7 Å². The molecule has 9 rings (SSSR count). The first-order valence-corrected chi connectivity index (χ1v) is 24.9. The molecule has 0 spiro atoms. The molecule has 4 aliphatic carbocycles. The van der Waals surface area contributed by atoms with Crippen molar-refractivity contribution in [1.29, 1.82) is 0 Å². The summed E-state index contributed by atoms with van der Waals surface area (Å²) < 4.78 is 47.2. The molecule has 0 unspecified atom stereocenters. The number of hydrogen-bond donors (Lipinski definition) is 3. The summed E-state index contributed by atoms with van der Waals surface area (Å²) in [7, 11) is 0.0325. The van der Waals surface area contributed by atoms with Crippen LogP contribution in [-0.2, 0) is 48.4 Å². The van der Waals surface area contributed by atoms with Crippen molar-refractivity contribution in [3.8, 4) is 11.6 Å². The number of sulfonamides is 1. The maximum absolute atomic E-state index is 15.3. The largest absolute Gasteiger partial charge is 0.492 e. The third kappa shape index (κ3) is 9.30. The first kappa shape index (κ1) is 45.0. The van der Waals surface area contributed by atoms with Crippen LogP contribution in [0.25, 0.3) is 10.9 Å². The van der Waals surface area contributed by atoms with E-state index in [9.17, 15) is 22.8 Å². The first-order chi connectivity index (χ1) is 31.2. The zero-order chi connectivity index (χ0) is 45.7. The van der Waals surface area contributed by atoms with E-state index >= 15 is 4.79 Å². The molecule has 1 aromatic heterocycles. The zero-order valence-corrected chi connectivity index (χ0v) is 38.5. The van der Waals surface area contributed by atoms with Crippen LogP contribution in [-0.4, -0.2) is 115 Å². The lowest BCUT2D eigenvalue weighted by Gasteiger charge is -2.32. The fraction of sp³-hybridized carbons (Fsp3) is 0.571. The number of carbonyl (C=O) groups is 4. The SMILES string of the molecule is C=C[C@@H]1C[C@]1(NC(=O)[C@@H]1C[C@@H]2CN1C(=O)[C@H](C1Cc3ccccc3C1)NC(=O)O[C@@H]1C[C@H]1CCCCCc1c(nc3ccccc3c1OCCCN(C)C)O2)C(=O)NS(=O)(=O)C1(C)CC1. The maximum atomic E-state index is 15.3. The Kier molecular flexibility index (Phi) is 12.4. The van der Waals surface area contributed by atoms with Crippen molar-refractivity contribution in [2.24, 2.45) is 17.8 Å². The second-order valence-corrected chi connectivity index (χ2v) is 21.9. The van der Waals surface area contributed by atoms with Crippen LogP contribution in [0.5, 0.6) is 11.6 Å². The van der Waals surface area contributed by atoms with Crippen molar-refractivity contribution < 1.29 is 41.8 Å². The van der Waals surface area contributed by atoms with Gasteiger partial charge in [-0.1, -0.05) is 55.3 Å². The van der Waals surface area contributed by atoms with E-state index in [0.29, 0.717) is 55.9 Å². The fourth-order valence-electron chi connectivity index (χ4n) is 10.1. The van der Waals surface area contributed by atoms with Crippen LogP contribution in [0.1, 0.15) is 87.8 Å². The number of pyridine rings is 1. The van der Waals surface area contributed by atoms with E-state index in [2.05, 4.69) is 26.8 Å². The smallest absolute Gasteiger partial charge is 0.408 e. The van der Waals surface area contributed by atoms with Crippen LogP contribution in [0.15, 0.2) is 61.2 Å². The Labute approximate surface area is 381 Å². The highest BCUT2D eigenvalue weighted by Gasteiger charge is 2.63. The van der Waals surface area contributed by atoms with E-state index in [0.717, 1.165) is 67.1 Å². The minimum Gasteiger partial charge on any atom is -0.492 e. The van der Waals surface area contributed by atoms with E-state index in [-0.39, 0.29) is 37.3 Å². The van der Waals surface area contributed by atoms with Crippen molar-refractivity contribution in [1.82, 2.24) is 30.1 Å². The van der Waals surface area contributed by atoms with E-state index in [4.69, 9.17) is 19.2 Å². The number of benzene rings is 2. The van der Waals surface area contributed by atoms with Crippen LogP contribution < -0.4 is 24.8 Å². The van der Waals surface area contributed by atoms with E-state index in [1.54, 1.807) is 6.92 Å². The zero-order valence-electron chi connectivity index (χ0n) is 37.7. The van der Waals surface area contributed by atoms with Gasteiger partial charge < -0.3 is 34.6 Å². The van der Waals surface area contributed by atoms with Crippen LogP contribution in [0.2, 0.25) is 0 Å². The molecule has 0 radical (unpaired) electrons. The van der Waals surface area contributed by atoms with Gasteiger partial charge in [0, 0.05) is 24.3 Å². The number of rotatable bonds is 12. The molecule has 4 amide bonds. The van der Waals surface area contributed by atoms with Crippen molar-refractivity contribution in [3.05, 3.63) is 77.9 Å². The van der Waals surface area contributed by atoms with Crippen molar-refractivity contribution in [3.63, 3.8) is 0 Å². The molecule has 3 saturated carbocycles. The Morgan fingerprint density at radius 1 is 1.02 bits per heavy atom. The van der Waals surface area contributed by atoms with Crippen LogP contribution in [0, 0.1) is 17.8 Å². The standard InChI is InChI=1S/C49H62N6O9S/c1-5-34-28-49(34,46(58)53-65(60,61)48(2)20-21-48)52-43(56)39-27-35-29-55(39)45(57)41(33-24-30-14-9-10-15-31(30)25-33)51-47(59)64-40-26-32(40)16-7-6-8-18-37-42(62-23-13-22-54(3)4)36-17-11-12-19-38(36)50-44(37)63-35/h5,9-12,14-15,17,19,32-35,39-41H,1,6-8,13,16,18,20-29H2,2-4H3,(H,51,59)(H,52,56)(H,53,58)/t32-,34-,35-,39+,40-,41+,49-/m1/s1. The van der Waals surface area contributed by atoms with Crippen molar-refractivity contribution in [2.75, 3.05) is 33.8 Å². The summed E-state index contributed by atoms with van der Waals surface area (Å²) in [5, 5.41) is 6.74. The Balaban J connectivity index is 1.07. The summed E-state index contributed by atoms with van der Waals surface area (Å²) in [5.41, 5.74) is 2.10. The molecule has 3 N–H and O–H groups in total. The van der Waals surface area contributed by atoms with Gasteiger partial charge in [-0.15, -0.1) is 6.58 Å². The molecule has 348 valence electrons. The number of ether oxygens (including phenoxy) is 3. The molecule has 2 bridgehead atoms. The highest BCUT2D eigenvalue weighted by molar-refractivity contribution is 7.91. The lowest BCUT2D eigenvalue weighted by molar-refractivity contribution is -0.142. The Morgan fingerprint density at radius 3 is 2.46 bits per heavy atom. The average molecular weight is 911 g/mol. The van der Waals surface area contributed by atoms with Gasteiger partial charge in [-0.3, -0.25) is 19.1 Å². The predicted octanol–water partition coefficient (Wildman–Crippen LogP) is 4.99. The molecule has 6 aliphatic rings. The number of para-hydroxylation sites is 1. The maximum Gasteiger partial charge on any atom is 0.408 e. The molecular weight excluding hydrogens is 849 g/mol. The third-order valence-corrected chi connectivity index (χ3v) is 16.8. The Bertz CT molecular complexity index is 2450. The van der Waals surface area contributed by atoms with E-state index in [1.165, 1.54) is 11.0 Å². The lowest BCUT2D eigenvalue weighted by atomic mass is 9.95. The number of carbonyl (C=O) groups excluding carboxylic acids is 4. The number of alkyl carbamates (subject to hydrolysis) is 1. The summed E-state index contributed by atoms with van der Waals surface area (Å²) in [4.78, 5) is 66.4. The number of hydrogen-bond acceptors (Lipinski definition) is 11. The quantitative estimate of drug-likeness (QED) is 0.164. The monoisotopic (exact) mass is 910 g/mol. The highest BCUT2D eigenvalue weighted by Crippen LogP contribution is 2.47. The molecule has 3 aromatic rings. The van der Waals surface area contributed by atoms with Crippen LogP contribution >= 0.6 is 0 Å². The number of amides is 4. The number of aromatic nitrogens is 1. The molecule has 16 heteroatoms. The fourth-order valence-corrected chi connectivity index (χ4v) is 11.4. The van der Waals surface area contributed by atoms with Crippen LogP contribution in [0.4, 0.5) is 4.79 Å². The summed E-state index contributed by atoms with van der Waals surface area (Å²) in [6.07, 6.45) is 7.79. The summed E-state index contributed by atoms with van der Waals surface area (Å²) in [5.74, 6) is -1.50. The topological polar surface area (TPSA) is 186 Å². The second kappa shape index (κ2) is 17.9. The average Bonchev–Trinajstić information content (AvgIpc) is 4.23. The van der Waals surface area contributed by atoms with Gasteiger partial charge in [0.15, 0.2) is 0 Å². The first-order valence-electron chi connectivity index (χ1n) is 23.4. The van der Waals surface area contributed by atoms with Crippen LogP contribution in [0.3, 0.4) is 0 Å². The minimum absolute atomic E-state index is 0.0295. The van der Waals surface area contributed by atoms with Gasteiger partial charge in [-0.2, -0.15) is 0 Å². The van der Waals surface area contributed by atoms with Gasteiger partial charge >= 0.3 is 6.09 Å². The van der Waals surface area contributed by atoms with E-state index < -0.39 is 68.2 Å². The molecule has 1 saturated heterocycles. The Morgan fingerprint density at radius 2 is 1.75 bits per heavy atom. The molecule has 65 heavy (non-hydrogen) atoms.